The van der Waals surface area contributed by atoms with Crippen LogP contribution in [0.2, 0.25) is 10.0 Å². The Morgan fingerprint density at radius 3 is 2.64 bits per heavy atom. The first-order chi connectivity index (χ1) is 10.5. The zero-order valence-electron chi connectivity index (χ0n) is 12.0. The minimum atomic E-state index is 0.478. The largest absolute Gasteiger partial charge is 0.324 e. The molecule has 0 spiro atoms. The summed E-state index contributed by atoms with van der Waals surface area (Å²) in [6, 6.07) is 7.13. The van der Waals surface area contributed by atoms with Crippen LogP contribution in [0.3, 0.4) is 0 Å². The number of aromatic nitrogens is 4. The van der Waals surface area contributed by atoms with Crippen LogP contribution in [0.25, 0.3) is 11.3 Å². The molecule has 112 valence electrons. The van der Waals surface area contributed by atoms with E-state index in [2.05, 4.69) is 20.4 Å². The van der Waals surface area contributed by atoms with Crippen molar-refractivity contribution in [2.75, 3.05) is 5.32 Å². The van der Waals surface area contributed by atoms with E-state index in [4.69, 9.17) is 23.2 Å². The summed E-state index contributed by atoms with van der Waals surface area (Å²) in [5.41, 5.74) is 3.47. The second-order valence-electron chi connectivity index (χ2n) is 4.82. The monoisotopic (exact) mass is 333 g/mol. The first-order valence-electron chi connectivity index (χ1n) is 6.58. The maximum atomic E-state index is 6.01. The number of hydrogen-bond donors (Lipinski definition) is 1. The van der Waals surface area contributed by atoms with Gasteiger partial charge >= 0.3 is 0 Å². The van der Waals surface area contributed by atoms with E-state index in [0.717, 1.165) is 22.6 Å². The van der Waals surface area contributed by atoms with E-state index in [1.807, 2.05) is 32.3 Å². The predicted octanol–water partition coefficient (Wildman–Crippen LogP) is 4.24. The number of benzene rings is 1. The number of halogens is 2. The molecule has 0 aliphatic carbocycles. The average molecular weight is 334 g/mol. The van der Waals surface area contributed by atoms with Gasteiger partial charge in [-0.15, -0.1) is 0 Å². The molecule has 5 nitrogen and oxygen atoms in total. The topological polar surface area (TPSA) is 55.6 Å². The predicted molar refractivity (Wildman–Crippen MR) is 88.7 cm³/mol. The molecule has 0 aliphatic heterocycles. The minimum Gasteiger partial charge on any atom is -0.324 e. The van der Waals surface area contributed by atoms with Gasteiger partial charge in [0.1, 0.15) is 0 Å². The lowest BCUT2D eigenvalue weighted by atomic mass is 10.2. The third kappa shape index (κ3) is 3.05. The van der Waals surface area contributed by atoms with Crippen molar-refractivity contribution in [2.24, 2.45) is 7.05 Å². The lowest BCUT2D eigenvalue weighted by Crippen LogP contribution is -1.98. The van der Waals surface area contributed by atoms with Gasteiger partial charge in [-0.2, -0.15) is 5.10 Å². The van der Waals surface area contributed by atoms with Crippen LogP contribution in [-0.2, 0) is 7.05 Å². The van der Waals surface area contributed by atoms with Gasteiger partial charge in [-0.3, -0.25) is 4.68 Å². The van der Waals surface area contributed by atoms with Crippen molar-refractivity contribution in [3.05, 3.63) is 52.4 Å². The molecule has 7 heteroatoms. The van der Waals surface area contributed by atoms with Gasteiger partial charge in [0.25, 0.3) is 0 Å². The first-order valence-corrected chi connectivity index (χ1v) is 7.34. The Bertz CT molecular complexity index is 829. The first kappa shape index (κ1) is 14.8. The van der Waals surface area contributed by atoms with Gasteiger partial charge < -0.3 is 5.32 Å². The van der Waals surface area contributed by atoms with Crippen molar-refractivity contribution in [1.82, 2.24) is 19.7 Å². The van der Waals surface area contributed by atoms with Gasteiger partial charge in [0.2, 0.25) is 5.95 Å². The molecule has 0 bridgehead atoms. The van der Waals surface area contributed by atoms with Gasteiger partial charge in [-0.1, -0.05) is 23.2 Å². The van der Waals surface area contributed by atoms with Crippen molar-refractivity contribution in [3.63, 3.8) is 0 Å². The molecular formula is C15H13Cl2N5. The number of nitrogens with zero attached hydrogens (tertiary/aromatic N) is 4. The summed E-state index contributed by atoms with van der Waals surface area (Å²) < 4.78 is 1.76. The quantitative estimate of drug-likeness (QED) is 0.778. The van der Waals surface area contributed by atoms with Crippen LogP contribution in [-0.4, -0.2) is 19.7 Å². The molecule has 0 aliphatic rings. The molecule has 0 radical (unpaired) electrons. The van der Waals surface area contributed by atoms with Gasteiger partial charge in [0, 0.05) is 30.7 Å². The number of nitrogens with one attached hydrogen (secondary N) is 1. The normalized spacial score (nSPS) is 10.7. The second-order valence-corrected chi connectivity index (χ2v) is 5.64. The number of rotatable bonds is 3. The van der Waals surface area contributed by atoms with E-state index in [-0.39, 0.29) is 0 Å². The van der Waals surface area contributed by atoms with Crippen LogP contribution in [0.5, 0.6) is 0 Å². The summed E-state index contributed by atoms with van der Waals surface area (Å²) in [7, 11) is 1.88. The van der Waals surface area contributed by atoms with E-state index >= 15 is 0 Å². The summed E-state index contributed by atoms with van der Waals surface area (Å²) >= 11 is 11.9. The smallest absolute Gasteiger partial charge is 0.227 e. The lowest BCUT2D eigenvalue weighted by Gasteiger charge is -2.07. The Kier molecular flexibility index (Phi) is 4.00. The molecule has 0 fully saturated rings. The molecule has 2 aromatic heterocycles. The minimum absolute atomic E-state index is 0.478. The summed E-state index contributed by atoms with van der Waals surface area (Å²) in [5.74, 6) is 0.485. The summed E-state index contributed by atoms with van der Waals surface area (Å²) in [5, 5.41) is 8.43. The number of hydrogen-bond acceptors (Lipinski definition) is 4. The fourth-order valence-electron chi connectivity index (χ4n) is 2.12. The Balaban J connectivity index is 1.91. The Labute approximate surface area is 137 Å². The molecule has 3 rings (SSSR count). The van der Waals surface area contributed by atoms with Crippen LogP contribution in [0.4, 0.5) is 11.6 Å². The van der Waals surface area contributed by atoms with Crippen LogP contribution in [0.15, 0.2) is 36.7 Å². The van der Waals surface area contributed by atoms with Crippen LogP contribution in [0.1, 0.15) is 5.69 Å². The lowest BCUT2D eigenvalue weighted by molar-refractivity contribution is 0.756. The SMILES string of the molecule is Cc1nn(C)cc1-c1ccnc(Nc2ccc(Cl)c(Cl)c2)n1. The third-order valence-corrected chi connectivity index (χ3v) is 3.86. The Morgan fingerprint density at radius 2 is 1.95 bits per heavy atom. The van der Waals surface area contributed by atoms with Crippen LogP contribution < -0.4 is 5.32 Å². The summed E-state index contributed by atoms with van der Waals surface area (Å²) in [6.07, 6.45) is 3.63. The number of anilines is 2. The van der Waals surface area contributed by atoms with Crippen molar-refractivity contribution in [1.29, 1.82) is 0 Å². The molecular weight excluding hydrogens is 321 g/mol. The zero-order valence-corrected chi connectivity index (χ0v) is 13.5. The molecule has 1 N–H and O–H groups in total. The Morgan fingerprint density at radius 1 is 1.14 bits per heavy atom. The van der Waals surface area contributed by atoms with Crippen LogP contribution in [0, 0.1) is 6.92 Å². The molecule has 22 heavy (non-hydrogen) atoms. The summed E-state index contributed by atoms with van der Waals surface area (Å²) in [6.45, 7) is 1.95. The molecule has 2 heterocycles. The Hall–Kier alpha value is -2.11. The molecule has 0 amide bonds. The molecule has 0 saturated carbocycles. The van der Waals surface area contributed by atoms with E-state index in [0.29, 0.717) is 16.0 Å². The van der Waals surface area contributed by atoms with Crippen molar-refractivity contribution < 1.29 is 0 Å². The molecule has 0 unspecified atom stereocenters. The van der Waals surface area contributed by atoms with Gasteiger partial charge in [0.05, 0.1) is 21.4 Å². The van der Waals surface area contributed by atoms with Crippen LogP contribution >= 0.6 is 23.2 Å². The van der Waals surface area contributed by atoms with E-state index < -0.39 is 0 Å². The molecule has 1 aromatic carbocycles. The highest BCUT2D eigenvalue weighted by molar-refractivity contribution is 6.42. The average Bonchev–Trinajstić information content (AvgIpc) is 2.82. The fraction of sp³-hybridized carbons (Fsp3) is 0.133. The van der Waals surface area contributed by atoms with E-state index in [9.17, 15) is 0 Å². The van der Waals surface area contributed by atoms with Gasteiger partial charge in [-0.05, 0) is 31.2 Å². The van der Waals surface area contributed by atoms with E-state index in [1.54, 1.807) is 23.0 Å². The maximum absolute atomic E-state index is 6.01. The fourth-order valence-corrected chi connectivity index (χ4v) is 2.42. The van der Waals surface area contributed by atoms with Gasteiger partial charge in [0.15, 0.2) is 0 Å². The van der Waals surface area contributed by atoms with E-state index in [1.165, 1.54) is 0 Å². The molecule has 3 aromatic rings. The molecule has 0 saturated heterocycles. The summed E-state index contributed by atoms with van der Waals surface area (Å²) in [4.78, 5) is 8.74. The highest BCUT2D eigenvalue weighted by Crippen LogP contribution is 2.27. The highest BCUT2D eigenvalue weighted by atomic mass is 35.5. The zero-order chi connectivity index (χ0) is 15.7. The standard InChI is InChI=1S/C15H13Cl2N5/c1-9-11(8-22(2)21-9)14-5-6-18-15(20-14)19-10-3-4-12(16)13(17)7-10/h3-8H,1-2H3,(H,18,19,20). The third-order valence-electron chi connectivity index (χ3n) is 3.12. The molecule has 0 atom stereocenters. The highest BCUT2D eigenvalue weighted by Gasteiger charge is 2.09. The van der Waals surface area contributed by atoms with Crippen molar-refractivity contribution >= 4 is 34.8 Å². The number of aryl methyl sites for hydroxylation is 2. The maximum Gasteiger partial charge on any atom is 0.227 e. The van der Waals surface area contributed by atoms with Crippen molar-refractivity contribution in [3.8, 4) is 11.3 Å². The van der Waals surface area contributed by atoms with Crippen molar-refractivity contribution in [2.45, 2.75) is 6.92 Å². The van der Waals surface area contributed by atoms with Gasteiger partial charge in [-0.25, -0.2) is 9.97 Å². The second kappa shape index (κ2) is 5.94.